The van der Waals surface area contributed by atoms with Gasteiger partial charge in [-0.15, -0.1) is 0 Å². The molecule has 2 aromatic heterocycles. The topological polar surface area (TPSA) is 88.1 Å². The van der Waals surface area contributed by atoms with Gasteiger partial charge >= 0.3 is 11.7 Å². The summed E-state index contributed by atoms with van der Waals surface area (Å²) in [7, 11) is 2.97. The average molecular weight is 376 g/mol. The third kappa shape index (κ3) is 3.57. The van der Waals surface area contributed by atoms with Gasteiger partial charge in [0.1, 0.15) is 12.6 Å². The zero-order chi connectivity index (χ0) is 19.9. The molecule has 8 nitrogen and oxygen atoms in total. The Bertz CT molecular complexity index is 968. The Hall–Kier alpha value is -2.38. The third-order valence-corrected chi connectivity index (χ3v) is 5.76. The molecule has 2 aromatic rings. The van der Waals surface area contributed by atoms with Crippen LogP contribution in [0.3, 0.4) is 0 Å². The molecule has 0 bridgehead atoms. The number of hydrogen-bond acceptors (Lipinski definition) is 5. The van der Waals surface area contributed by atoms with Crippen molar-refractivity contribution in [3.8, 4) is 0 Å². The van der Waals surface area contributed by atoms with Crippen LogP contribution in [0.25, 0.3) is 11.2 Å². The lowest BCUT2D eigenvalue weighted by Crippen LogP contribution is -2.38. The van der Waals surface area contributed by atoms with Crippen molar-refractivity contribution in [2.75, 3.05) is 0 Å². The fourth-order valence-electron chi connectivity index (χ4n) is 4.11. The predicted octanol–water partition coefficient (Wildman–Crippen LogP) is 1.44. The van der Waals surface area contributed by atoms with Crippen molar-refractivity contribution < 1.29 is 9.53 Å². The molecule has 0 N–H and O–H groups in total. The minimum atomic E-state index is -0.468. The number of ether oxygens (including phenoxy) is 1. The van der Waals surface area contributed by atoms with Gasteiger partial charge < -0.3 is 9.30 Å². The van der Waals surface area contributed by atoms with E-state index in [1.807, 2.05) is 0 Å². The third-order valence-electron chi connectivity index (χ3n) is 5.76. The molecule has 3 rings (SSSR count). The predicted molar refractivity (Wildman–Crippen MR) is 101 cm³/mol. The van der Waals surface area contributed by atoms with E-state index in [4.69, 9.17) is 4.74 Å². The second-order valence-electron chi connectivity index (χ2n) is 8.10. The SMILES string of the molecule is CC(C)[C@@H]1CC[C@H](C)C[C@@H]1OC(=O)Cn1cnc2c1c(=O)n(C)c(=O)n2C. The van der Waals surface area contributed by atoms with Crippen molar-refractivity contribution in [1.82, 2.24) is 18.7 Å². The van der Waals surface area contributed by atoms with Crippen LogP contribution in [0.5, 0.6) is 0 Å². The van der Waals surface area contributed by atoms with E-state index in [-0.39, 0.29) is 29.8 Å². The molecule has 0 spiro atoms. The van der Waals surface area contributed by atoms with Crippen molar-refractivity contribution in [2.24, 2.45) is 31.8 Å². The maximum Gasteiger partial charge on any atom is 0.332 e. The van der Waals surface area contributed by atoms with Gasteiger partial charge in [0.25, 0.3) is 5.56 Å². The van der Waals surface area contributed by atoms with E-state index in [0.717, 1.165) is 23.8 Å². The lowest BCUT2D eigenvalue weighted by molar-refractivity contribution is -0.156. The summed E-state index contributed by atoms with van der Waals surface area (Å²) in [5, 5.41) is 0. The summed E-state index contributed by atoms with van der Waals surface area (Å²) in [4.78, 5) is 41.2. The van der Waals surface area contributed by atoms with Gasteiger partial charge in [-0.25, -0.2) is 9.78 Å². The molecule has 2 heterocycles. The molecular formula is C19H28N4O4. The van der Waals surface area contributed by atoms with Gasteiger partial charge in [0.15, 0.2) is 11.2 Å². The first-order valence-electron chi connectivity index (χ1n) is 9.51. The van der Waals surface area contributed by atoms with Crippen LogP contribution in [0.4, 0.5) is 0 Å². The Morgan fingerprint density at radius 3 is 2.63 bits per heavy atom. The average Bonchev–Trinajstić information content (AvgIpc) is 3.01. The molecule has 27 heavy (non-hydrogen) atoms. The van der Waals surface area contributed by atoms with Gasteiger partial charge in [0, 0.05) is 14.1 Å². The number of aryl methyl sites for hydroxylation is 1. The Labute approximate surface area is 157 Å². The largest absolute Gasteiger partial charge is 0.461 e. The van der Waals surface area contributed by atoms with Crippen molar-refractivity contribution in [3.05, 3.63) is 27.2 Å². The highest BCUT2D eigenvalue weighted by Gasteiger charge is 2.33. The van der Waals surface area contributed by atoms with Crippen molar-refractivity contribution in [2.45, 2.75) is 52.7 Å². The van der Waals surface area contributed by atoms with E-state index < -0.39 is 11.2 Å². The highest BCUT2D eigenvalue weighted by molar-refractivity contribution is 5.75. The molecule has 3 atom stereocenters. The summed E-state index contributed by atoms with van der Waals surface area (Å²) >= 11 is 0. The van der Waals surface area contributed by atoms with E-state index in [1.165, 1.54) is 22.5 Å². The number of fused-ring (bicyclic) bond motifs is 1. The number of nitrogens with zero attached hydrogens (tertiary/aromatic N) is 4. The summed E-state index contributed by atoms with van der Waals surface area (Å²) in [6.45, 7) is 6.41. The van der Waals surface area contributed by atoms with Gasteiger partial charge in [0.05, 0.1) is 6.33 Å². The van der Waals surface area contributed by atoms with E-state index in [0.29, 0.717) is 17.8 Å². The Morgan fingerprint density at radius 2 is 1.96 bits per heavy atom. The van der Waals surface area contributed by atoms with E-state index in [9.17, 15) is 14.4 Å². The number of rotatable bonds is 4. The highest BCUT2D eigenvalue weighted by Crippen LogP contribution is 2.35. The maximum atomic E-state index is 12.6. The molecule has 1 saturated carbocycles. The van der Waals surface area contributed by atoms with Crippen LogP contribution < -0.4 is 11.2 Å². The number of imidazole rings is 1. The first-order chi connectivity index (χ1) is 12.7. The van der Waals surface area contributed by atoms with Gasteiger partial charge in [0.2, 0.25) is 0 Å². The number of hydrogen-bond donors (Lipinski definition) is 0. The molecule has 0 unspecified atom stereocenters. The number of esters is 1. The fraction of sp³-hybridized carbons (Fsp3) is 0.684. The normalized spacial score (nSPS) is 23.1. The first kappa shape index (κ1) is 19.4. The first-order valence-corrected chi connectivity index (χ1v) is 9.51. The van der Waals surface area contributed by atoms with Crippen molar-refractivity contribution >= 4 is 17.1 Å². The second-order valence-corrected chi connectivity index (χ2v) is 8.10. The molecule has 0 aliphatic heterocycles. The maximum absolute atomic E-state index is 12.6. The molecule has 0 amide bonds. The van der Waals surface area contributed by atoms with Gasteiger partial charge in [-0.2, -0.15) is 0 Å². The van der Waals surface area contributed by atoms with Crippen LogP contribution in [0.1, 0.15) is 40.0 Å². The molecule has 1 aliphatic rings. The molecule has 1 aliphatic carbocycles. The fourth-order valence-corrected chi connectivity index (χ4v) is 4.11. The molecule has 1 fully saturated rings. The summed E-state index contributed by atoms with van der Waals surface area (Å²) in [5.74, 6) is 0.966. The minimum absolute atomic E-state index is 0.0942. The molecular weight excluding hydrogens is 348 g/mol. The molecule has 0 saturated heterocycles. The molecule has 8 heteroatoms. The monoisotopic (exact) mass is 376 g/mol. The number of carbonyl (C=O) groups excluding carboxylic acids is 1. The highest BCUT2D eigenvalue weighted by atomic mass is 16.5. The van der Waals surface area contributed by atoms with E-state index in [2.05, 4.69) is 25.8 Å². The van der Waals surface area contributed by atoms with Crippen LogP contribution in [0.2, 0.25) is 0 Å². The van der Waals surface area contributed by atoms with Gasteiger partial charge in [-0.3, -0.25) is 18.7 Å². The summed E-state index contributed by atoms with van der Waals surface area (Å²) < 4.78 is 9.60. The quantitative estimate of drug-likeness (QED) is 0.754. The van der Waals surface area contributed by atoms with Gasteiger partial charge in [-0.05, 0) is 30.6 Å². The Morgan fingerprint density at radius 1 is 1.26 bits per heavy atom. The van der Waals surface area contributed by atoms with Gasteiger partial charge in [-0.1, -0.05) is 27.2 Å². The van der Waals surface area contributed by atoms with Crippen LogP contribution in [0, 0.1) is 17.8 Å². The van der Waals surface area contributed by atoms with Crippen LogP contribution in [0.15, 0.2) is 15.9 Å². The summed E-state index contributed by atoms with van der Waals surface area (Å²) in [6, 6.07) is 0. The Kier molecular flexibility index (Phi) is 5.26. The molecule has 0 radical (unpaired) electrons. The lowest BCUT2D eigenvalue weighted by atomic mass is 9.75. The number of aromatic nitrogens is 4. The molecule has 148 valence electrons. The van der Waals surface area contributed by atoms with Crippen LogP contribution >= 0.6 is 0 Å². The van der Waals surface area contributed by atoms with Crippen molar-refractivity contribution in [1.29, 1.82) is 0 Å². The zero-order valence-corrected chi connectivity index (χ0v) is 16.6. The minimum Gasteiger partial charge on any atom is -0.461 e. The zero-order valence-electron chi connectivity index (χ0n) is 16.6. The van der Waals surface area contributed by atoms with Crippen LogP contribution in [-0.4, -0.2) is 30.8 Å². The Balaban J connectivity index is 1.84. The van der Waals surface area contributed by atoms with Crippen molar-refractivity contribution in [3.63, 3.8) is 0 Å². The smallest absolute Gasteiger partial charge is 0.332 e. The summed E-state index contributed by atoms with van der Waals surface area (Å²) in [6.07, 6.45) is 4.41. The lowest BCUT2D eigenvalue weighted by Gasteiger charge is -2.36. The van der Waals surface area contributed by atoms with E-state index >= 15 is 0 Å². The molecule has 0 aromatic carbocycles. The number of carbonyl (C=O) groups is 1. The van der Waals surface area contributed by atoms with Crippen LogP contribution in [-0.2, 0) is 30.2 Å². The summed E-state index contributed by atoms with van der Waals surface area (Å²) in [5.41, 5.74) is -0.419. The van der Waals surface area contributed by atoms with E-state index in [1.54, 1.807) is 7.05 Å². The standard InChI is InChI=1S/C19H28N4O4/c1-11(2)13-7-6-12(3)8-14(13)27-15(24)9-23-10-20-17-16(23)18(25)22(5)19(26)21(17)4/h10-14H,6-9H2,1-5H3/t12-,13-,14-/m0/s1. The second kappa shape index (κ2) is 7.32.